The summed E-state index contributed by atoms with van der Waals surface area (Å²) in [7, 11) is 2.77. The van der Waals surface area contributed by atoms with Crippen molar-refractivity contribution in [2.75, 3.05) is 27.3 Å². The zero-order chi connectivity index (χ0) is 16.3. The molecule has 1 N–H and O–H groups in total. The van der Waals surface area contributed by atoms with Crippen LogP contribution in [0.2, 0.25) is 0 Å². The maximum atomic E-state index is 14.1. The molecule has 1 saturated heterocycles. The van der Waals surface area contributed by atoms with Gasteiger partial charge in [0.2, 0.25) is 0 Å². The normalized spacial score (nSPS) is 18.0. The van der Waals surface area contributed by atoms with Crippen LogP contribution in [0.25, 0.3) is 0 Å². The Hall–Kier alpha value is -2.31. The second-order valence-electron chi connectivity index (χ2n) is 5.12. The van der Waals surface area contributed by atoms with E-state index in [1.165, 1.54) is 25.2 Å². The number of piperidine rings is 1. The lowest BCUT2D eigenvalue weighted by Gasteiger charge is -2.31. The molecule has 0 spiro atoms. The predicted molar refractivity (Wildman–Crippen MR) is 75.8 cm³/mol. The summed E-state index contributed by atoms with van der Waals surface area (Å²) >= 11 is 0. The van der Waals surface area contributed by atoms with E-state index in [9.17, 15) is 14.0 Å². The van der Waals surface area contributed by atoms with E-state index in [0.717, 1.165) is 6.07 Å². The molecule has 7 heteroatoms. The Bertz CT molecular complexity index is 590. The number of aliphatic carboxylic acids is 1. The molecule has 0 aromatic heterocycles. The van der Waals surface area contributed by atoms with Crippen molar-refractivity contribution in [2.24, 2.45) is 5.92 Å². The van der Waals surface area contributed by atoms with Crippen molar-refractivity contribution in [1.29, 1.82) is 0 Å². The highest BCUT2D eigenvalue weighted by atomic mass is 19.1. The number of halogens is 1. The van der Waals surface area contributed by atoms with Gasteiger partial charge in [-0.1, -0.05) is 0 Å². The van der Waals surface area contributed by atoms with Gasteiger partial charge in [-0.25, -0.2) is 4.39 Å². The standard InChI is InChI=1S/C15H18FNO5/c1-21-12-6-10(11(16)7-13(12)22-2)14(18)17-5-3-4-9(8-17)15(19)20/h6-7,9H,3-5,8H2,1-2H3,(H,19,20)/t9-/m0/s1. The van der Waals surface area contributed by atoms with Crippen LogP contribution in [0.15, 0.2) is 12.1 Å². The summed E-state index contributed by atoms with van der Waals surface area (Å²) in [6.45, 7) is 0.498. The third-order valence-electron chi connectivity index (χ3n) is 3.76. The average Bonchev–Trinajstić information content (AvgIpc) is 2.53. The number of likely N-dealkylation sites (tertiary alicyclic amines) is 1. The molecule has 1 amide bonds. The Labute approximate surface area is 127 Å². The average molecular weight is 311 g/mol. The lowest BCUT2D eigenvalue weighted by molar-refractivity contribution is -0.143. The number of benzene rings is 1. The number of ether oxygens (including phenoxy) is 2. The number of carbonyl (C=O) groups excluding carboxylic acids is 1. The molecule has 2 rings (SSSR count). The zero-order valence-electron chi connectivity index (χ0n) is 12.5. The number of hydrogen-bond acceptors (Lipinski definition) is 4. The van der Waals surface area contributed by atoms with Gasteiger partial charge in [0, 0.05) is 19.2 Å². The van der Waals surface area contributed by atoms with E-state index in [4.69, 9.17) is 14.6 Å². The fourth-order valence-corrected chi connectivity index (χ4v) is 2.55. The van der Waals surface area contributed by atoms with Crippen LogP contribution in [0, 0.1) is 11.7 Å². The van der Waals surface area contributed by atoms with Gasteiger partial charge in [-0.05, 0) is 18.9 Å². The van der Waals surface area contributed by atoms with E-state index in [0.29, 0.717) is 19.4 Å². The van der Waals surface area contributed by atoms with Crippen LogP contribution in [0.1, 0.15) is 23.2 Å². The second-order valence-corrected chi connectivity index (χ2v) is 5.12. The molecule has 0 saturated carbocycles. The van der Waals surface area contributed by atoms with Crippen LogP contribution in [0.5, 0.6) is 11.5 Å². The summed E-state index contributed by atoms with van der Waals surface area (Å²) in [6.07, 6.45) is 1.10. The highest BCUT2D eigenvalue weighted by Gasteiger charge is 2.30. The van der Waals surface area contributed by atoms with Crippen LogP contribution in [-0.4, -0.2) is 49.2 Å². The Morgan fingerprint density at radius 3 is 2.50 bits per heavy atom. The molecular formula is C15H18FNO5. The first-order valence-electron chi connectivity index (χ1n) is 6.91. The first kappa shape index (κ1) is 16.1. The second kappa shape index (κ2) is 6.64. The quantitative estimate of drug-likeness (QED) is 0.917. The van der Waals surface area contributed by atoms with Gasteiger partial charge in [-0.15, -0.1) is 0 Å². The van der Waals surface area contributed by atoms with Crippen molar-refractivity contribution in [3.05, 3.63) is 23.5 Å². The number of carboxylic acid groups (broad SMARTS) is 1. The van der Waals surface area contributed by atoms with E-state index < -0.39 is 23.6 Å². The predicted octanol–water partition coefficient (Wildman–Crippen LogP) is 1.78. The molecular weight excluding hydrogens is 293 g/mol. The summed E-state index contributed by atoms with van der Waals surface area (Å²) in [5, 5.41) is 9.06. The molecule has 1 heterocycles. The molecule has 1 aromatic carbocycles. The van der Waals surface area contributed by atoms with Crippen LogP contribution in [0.4, 0.5) is 4.39 Å². The van der Waals surface area contributed by atoms with Crippen molar-refractivity contribution in [1.82, 2.24) is 4.90 Å². The van der Waals surface area contributed by atoms with Gasteiger partial charge in [0.05, 0.1) is 25.7 Å². The van der Waals surface area contributed by atoms with Gasteiger partial charge in [0.1, 0.15) is 5.82 Å². The van der Waals surface area contributed by atoms with Crippen molar-refractivity contribution in [2.45, 2.75) is 12.8 Å². The maximum absolute atomic E-state index is 14.1. The minimum Gasteiger partial charge on any atom is -0.493 e. The maximum Gasteiger partial charge on any atom is 0.308 e. The minimum atomic E-state index is -0.940. The monoisotopic (exact) mass is 311 g/mol. The number of carbonyl (C=O) groups is 2. The molecule has 1 aliphatic rings. The van der Waals surface area contributed by atoms with Crippen molar-refractivity contribution < 1.29 is 28.6 Å². The van der Waals surface area contributed by atoms with Crippen LogP contribution in [0.3, 0.4) is 0 Å². The van der Waals surface area contributed by atoms with Crippen molar-refractivity contribution >= 4 is 11.9 Å². The number of amides is 1. The molecule has 120 valence electrons. The zero-order valence-corrected chi connectivity index (χ0v) is 12.5. The van der Waals surface area contributed by atoms with Crippen molar-refractivity contribution in [3.63, 3.8) is 0 Å². The lowest BCUT2D eigenvalue weighted by Crippen LogP contribution is -2.42. The molecule has 1 aliphatic heterocycles. The summed E-state index contributed by atoms with van der Waals surface area (Å²) < 4.78 is 24.2. The summed E-state index contributed by atoms with van der Waals surface area (Å²) in [5.74, 6) is -2.37. The van der Waals surface area contributed by atoms with Gasteiger partial charge in [0.25, 0.3) is 5.91 Å². The van der Waals surface area contributed by atoms with E-state index in [-0.39, 0.29) is 23.6 Å². The summed E-state index contributed by atoms with van der Waals surface area (Å²) in [5.41, 5.74) is -0.149. The molecule has 1 atom stereocenters. The number of rotatable bonds is 4. The number of carboxylic acids is 1. The number of methoxy groups -OCH3 is 2. The minimum absolute atomic E-state index is 0.0853. The van der Waals surface area contributed by atoms with Gasteiger partial charge >= 0.3 is 5.97 Å². The fourth-order valence-electron chi connectivity index (χ4n) is 2.55. The van der Waals surface area contributed by atoms with Gasteiger partial charge in [0.15, 0.2) is 11.5 Å². The first-order chi connectivity index (χ1) is 10.5. The van der Waals surface area contributed by atoms with Gasteiger partial charge < -0.3 is 19.5 Å². The SMILES string of the molecule is COc1cc(F)c(C(=O)N2CCC[C@H](C(=O)O)C2)cc1OC. The largest absolute Gasteiger partial charge is 0.493 e. The Morgan fingerprint density at radius 2 is 1.91 bits per heavy atom. The first-order valence-corrected chi connectivity index (χ1v) is 6.91. The molecule has 0 unspecified atom stereocenters. The smallest absolute Gasteiger partial charge is 0.308 e. The Balaban J connectivity index is 2.27. The Morgan fingerprint density at radius 1 is 1.27 bits per heavy atom. The lowest BCUT2D eigenvalue weighted by atomic mass is 9.97. The van der Waals surface area contributed by atoms with E-state index in [1.807, 2.05) is 0 Å². The van der Waals surface area contributed by atoms with E-state index in [2.05, 4.69) is 0 Å². The third kappa shape index (κ3) is 3.13. The number of nitrogens with zero attached hydrogens (tertiary/aromatic N) is 1. The molecule has 0 radical (unpaired) electrons. The van der Waals surface area contributed by atoms with Crippen molar-refractivity contribution in [3.8, 4) is 11.5 Å². The topological polar surface area (TPSA) is 76.1 Å². The molecule has 0 bridgehead atoms. The molecule has 6 nitrogen and oxygen atoms in total. The van der Waals surface area contributed by atoms with Gasteiger partial charge in [-0.2, -0.15) is 0 Å². The molecule has 0 aliphatic carbocycles. The Kier molecular flexibility index (Phi) is 4.85. The fraction of sp³-hybridized carbons (Fsp3) is 0.467. The van der Waals surface area contributed by atoms with Crippen LogP contribution < -0.4 is 9.47 Å². The molecule has 22 heavy (non-hydrogen) atoms. The summed E-state index contributed by atoms with van der Waals surface area (Å²) in [4.78, 5) is 24.9. The molecule has 1 aromatic rings. The van der Waals surface area contributed by atoms with E-state index >= 15 is 0 Å². The van der Waals surface area contributed by atoms with E-state index in [1.54, 1.807) is 0 Å². The third-order valence-corrected chi connectivity index (χ3v) is 3.76. The number of hydrogen-bond donors (Lipinski definition) is 1. The summed E-state index contributed by atoms with van der Waals surface area (Å²) in [6, 6.07) is 2.37. The highest BCUT2D eigenvalue weighted by Crippen LogP contribution is 2.31. The van der Waals surface area contributed by atoms with Crippen LogP contribution >= 0.6 is 0 Å². The van der Waals surface area contributed by atoms with Gasteiger partial charge in [-0.3, -0.25) is 9.59 Å². The molecule has 1 fully saturated rings. The van der Waals surface area contributed by atoms with Crippen LogP contribution in [-0.2, 0) is 4.79 Å². The highest BCUT2D eigenvalue weighted by molar-refractivity contribution is 5.95.